The molecule has 0 amide bonds. The van der Waals surface area contributed by atoms with Crippen molar-refractivity contribution in [3.05, 3.63) is 51.7 Å². The first kappa shape index (κ1) is 15.8. The summed E-state index contributed by atoms with van der Waals surface area (Å²) in [6.45, 7) is 1.52. The molecule has 0 aliphatic heterocycles. The zero-order chi connectivity index (χ0) is 16.4. The number of rotatable bonds is 4. The van der Waals surface area contributed by atoms with Crippen LogP contribution in [0, 0.1) is 10.1 Å². The average molecular weight is 299 g/mol. The molecule has 0 aliphatic rings. The molecule has 2 rings (SSSR count). The van der Waals surface area contributed by atoms with E-state index in [1.54, 1.807) is 6.08 Å². The third kappa shape index (κ3) is 2.88. The molecule has 0 aliphatic carbocycles. The van der Waals surface area contributed by atoms with E-state index < -0.39 is 0 Å². The fourth-order valence-corrected chi connectivity index (χ4v) is 2.61. The van der Waals surface area contributed by atoms with Gasteiger partial charge in [-0.3, -0.25) is 10.1 Å². The van der Waals surface area contributed by atoms with Crippen LogP contribution in [0.15, 0.2) is 36.0 Å². The molecule has 2 aromatic carbocycles. The third-order valence-electron chi connectivity index (χ3n) is 3.61. The second-order valence-corrected chi connectivity index (χ2v) is 5.71. The van der Waals surface area contributed by atoms with Crippen LogP contribution in [0.3, 0.4) is 0 Å². The van der Waals surface area contributed by atoms with E-state index in [-0.39, 0.29) is 10.6 Å². The van der Waals surface area contributed by atoms with Crippen LogP contribution in [-0.4, -0.2) is 33.1 Å². The predicted octanol–water partition coefficient (Wildman–Crippen LogP) is 3.61. The molecule has 0 aromatic heterocycles. The number of anilines is 2. The molecule has 2 aromatic rings. The molecule has 0 saturated heterocycles. The first-order valence-electron chi connectivity index (χ1n) is 7.06. The second-order valence-electron chi connectivity index (χ2n) is 5.71. The molecule has 22 heavy (non-hydrogen) atoms. The van der Waals surface area contributed by atoms with Gasteiger partial charge < -0.3 is 9.80 Å². The number of nitro groups is 1. The van der Waals surface area contributed by atoms with E-state index in [2.05, 4.69) is 17.0 Å². The number of hydrogen-bond acceptors (Lipinski definition) is 4. The second kappa shape index (κ2) is 6.05. The van der Waals surface area contributed by atoms with Crippen molar-refractivity contribution in [3.8, 4) is 0 Å². The summed E-state index contributed by atoms with van der Waals surface area (Å²) in [5.41, 5.74) is 3.06. The van der Waals surface area contributed by atoms with Gasteiger partial charge in [0.25, 0.3) is 0 Å². The van der Waals surface area contributed by atoms with Gasteiger partial charge in [-0.05, 0) is 11.5 Å². The van der Waals surface area contributed by atoms with Crippen molar-refractivity contribution in [3.63, 3.8) is 0 Å². The van der Waals surface area contributed by atoms with Gasteiger partial charge in [-0.25, -0.2) is 0 Å². The molecular formula is C17H21N3O2. The van der Waals surface area contributed by atoms with E-state index in [1.165, 1.54) is 6.92 Å². The Bertz CT molecular complexity index is 749. The third-order valence-corrected chi connectivity index (χ3v) is 3.61. The molecule has 116 valence electrons. The lowest BCUT2D eigenvalue weighted by Crippen LogP contribution is -2.14. The van der Waals surface area contributed by atoms with Crippen molar-refractivity contribution >= 4 is 28.2 Å². The molecule has 0 unspecified atom stereocenters. The highest BCUT2D eigenvalue weighted by Crippen LogP contribution is 2.37. The number of fused-ring (bicyclic) bond motifs is 1. The van der Waals surface area contributed by atoms with Crippen molar-refractivity contribution in [1.29, 1.82) is 0 Å². The normalized spacial score (nSPS) is 11.6. The summed E-state index contributed by atoms with van der Waals surface area (Å²) in [5.74, 6) is 0. The Morgan fingerprint density at radius 3 is 2.32 bits per heavy atom. The highest BCUT2D eigenvalue weighted by molar-refractivity contribution is 6.06. The molecule has 0 fully saturated rings. The number of hydrogen-bond donors (Lipinski definition) is 0. The summed E-state index contributed by atoms with van der Waals surface area (Å²) in [7, 11) is 7.91. The fraction of sp³-hybridized carbons (Fsp3) is 0.294. The highest BCUT2D eigenvalue weighted by atomic mass is 16.6. The van der Waals surface area contributed by atoms with Crippen LogP contribution in [0.4, 0.5) is 11.4 Å². The largest absolute Gasteiger partial charge is 0.377 e. The minimum absolute atomic E-state index is 0.129. The first-order valence-corrected chi connectivity index (χ1v) is 7.06. The summed E-state index contributed by atoms with van der Waals surface area (Å²) in [4.78, 5) is 14.6. The topological polar surface area (TPSA) is 49.6 Å². The first-order chi connectivity index (χ1) is 10.3. The Morgan fingerprint density at radius 2 is 1.77 bits per heavy atom. The van der Waals surface area contributed by atoms with Crippen LogP contribution in [0.25, 0.3) is 16.8 Å². The zero-order valence-electron chi connectivity index (χ0n) is 13.6. The number of nitrogens with zero attached hydrogens (tertiary/aromatic N) is 3. The Labute approximate surface area is 130 Å². The zero-order valence-corrected chi connectivity index (χ0v) is 13.6. The number of benzene rings is 2. The van der Waals surface area contributed by atoms with E-state index in [9.17, 15) is 10.1 Å². The van der Waals surface area contributed by atoms with Gasteiger partial charge >= 0.3 is 0 Å². The minimum atomic E-state index is -0.360. The molecule has 0 heterocycles. The average Bonchev–Trinajstić information content (AvgIpc) is 2.45. The van der Waals surface area contributed by atoms with Crippen molar-refractivity contribution in [2.45, 2.75) is 6.92 Å². The lowest BCUT2D eigenvalue weighted by Gasteiger charge is -2.23. The molecular weight excluding hydrogens is 278 g/mol. The van der Waals surface area contributed by atoms with E-state index in [1.807, 2.05) is 51.3 Å². The molecule has 0 radical (unpaired) electrons. The lowest BCUT2D eigenvalue weighted by molar-refractivity contribution is -0.422. The SMILES string of the molecule is C/C(=C\c1ccc2cccc(N(C)C)c2c1N(C)C)[N+](=O)[O-]. The molecule has 0 spiro atoms. The van der Waals surface area contributed by atoms with Gasteiger partial charge in [-0.1, -0.05) is 24.3 Å². The van der Waals surface area contributed by atoms with Crippen molar-refractivity contribution in [2.75, 3.05) is 38.0 Å². The van der Waals surface area contributed by atoms with Crippen molar-refractivity contribution < 1.29 is 4.92 Å². The quantitative estimate of drug-likeness (QED) is 0.639. The molecule has 0 N–H and O–H groups in total. The summed E-state index contributed by atoms with van der Waals surface area (Å²) in [6.07, 6.45) is 1.63. The Hall–Kier alpha value is -2.56. The maximum absolute atomic E-state index is 10.9. The van der Waals surface area contributed by atoms with Crippen LogP contribution < -0.4 is 9.80 Å². The maximum Gasteiger partial charge on any atom is 0.243 e. The monoisotopic (exact) mass is 299 g/mol. The fourth-order valence-electron chi connectivity index (χ4n) is 2.61. The predicted molar refractivity (Wildman–Crippen MR) is 93.2 cm³/mol. The maximum atomic E-state index is 10.9. The van der Waals surface area contributed by atoms with Gasteiger partial charge in [0.2, 0.25) is 5.70 Å². The number of allylic oxidation sites excluding steroid dienone is 1. The van der Waals surface area contributed by atoms with Crippen LogP contribution in [0.1, 0.15) is 12.5 Å². The van der Waals surface area contributed by atoms with E-state index in [0.717, 1.165) is 27.7 Å². The van der Waals surface area contributed by atoms with E-state index in [4.69, 9.17) is 0 Å². The van der Waals surface area contributed by atoms with Crippen LogP contribution >= 0.6 is 0 Å². The molecule has 5 heteroatoms. The van der Waals surface area contributed by atoms with Gasteiger partial charge in [0.05, 0.1) is 10.6 Å². The highest BCUT2D eigenvalue weighted by Gasteiger charge is 2.15. The van der Waals surface area contributed by atoms with Crippen molar-refractivity contribution in [1.82, 2.24) is 0 Å². The van der Waals surface area contributed by atoms with E-state index in [0.29, 0.717) is 0 Å². The summed E-state index contributed by atoms with van der Waals surface area (Å²) in [6, 6.07) is 10.1. The van der Waals surface area contributed by atoms with E-state index >= 15 is 0 Å². The Morgan fingerprint density at radius 1 is 1.09 bits per heavy atom. The van der Waals surface area contributed by atoms with Crippen molar-refractivity contribution in [2.24, 2.45) is 0 Å². The summed E-state index contributed by atoms with van der Waals surface area (Å²) >= 11 is 0. The molecule has 0 atom stereocenters. The smallest absolute Gasteiger partial charge is 0.243 e. The summed E-state index contributed by atoms with van der Waals surface area (Å²) < 4.78 is 0. The molecule has 0 saturated carbocycles. The molecule has 0 bridgehead atoms. The Balaban J connectivity index is 2.85. The lowest BCUT2D eigenvalue weighted by atomic mass is 10.0. The van der Waals surface area contributed by atoms with Crippen LogP contribution in [-0.2, 0) is 0 Å². The van der Waals surface area contributed by atoms with Gasteiger partial charge in [0, 0.05) is 57.8 Å². The Kier molecular flexibility index (Phi) is 4.35. The van der Waals surface area contributed by atoms with Gasteiger partial charge in [-0.2, -0.15) is 0 Å². The van der Waals surface area contributed by atoms with Crippen LogP contribution in [0.2, 0.25) is 0 Å². The van der Waals surface area contributed by atoms with Crippen LogP contribution in [0.5, 0.6) is 0 Å². The minimum Gasteiger partial charge on any atom is -0.377 e. The van der Waals surface area contributed by atoms with Gasteiger partial charge in [0.1, 0.15) is 0 Å². The van der Waals surface area contributed by atoms with Gasteiger partial charge in [-0.15, -0.1) is 0 Å². The summed E-state index contributed by atoms with van der Waals surface area (Å²) in [5, 5.41) is 13.2. The standard InChI is InChI=1S/C17H21N3O2/c1-12(20(21)22)11-14-10-9-13-7-6-8-15(18(2)3)16(13)17(14)19(4)5/h6-11H,1-5H3/b12-11+. The van der Waals surface area contributed by atoms with Gasteiger partial charge in [0.15, 0.2) is 0 Å². The molecule has 5 nitrogen and oxygen atoms in total.